The number of nitrogens with zero attached hydrogens (tertiary/aromatic N) is 1. The van der Waals surface area contributed by atoms with E-state index in [0.29, 0.717) is 24.8 Å². The van der Waals surface area contributed by atoms with Crippen LogP contribution in [0.4, 0.5) is 0 Å². The SMILES string of the molecule is O=C(/C=C/CCC[C@@H](O)C[N+](=O)[O-])c1ccccc1. The van der Waals surface area contributed by atoms with E-state index >= 15 is 0 Å². The summed E-state index contributed by atoms with van der Waals surface area (Å²) in [5, 5.41) is 19.4. The molecule has 0 fully saturated rings. The van der Waals surface area contributed by atoms with E-state index in [-0.39, 0.29) is 5.78 Å². The van der Waals surface area contributed by atoms with Gasteiger partial charge in [-0.2, -0.15) is 0 Å². The largest absolute Gasteiger partial charge is 0.386 e. The predicted molar refractivity (Wildman–Crippen MR) is 71.6 cm³/mol. The van der Waals surface area contributed by atoms with Gasteiger partial charge in [0, 0.05) is 10.5 Å². The standard InChI is InChI=1S/C14H17NO4/c16-13(11-15(18)19)9-5-2-6-10-14(17)12-7-3-1-4-8-12/h1,3-4,6-8,10,13,16H,2,5,9,11H2/b10-6+/t13-/m1/s1. The minimum absolute atomic E-state index is 0.0635. The van der Waals surface area contributed by atoms with E-state index in [0.717, 1.165) is 0 Å². The van der Waals surface area contributed by atoms with Crippen molar-refractivity contribution in [3.05, 3.63) is 58.2 Å². The van der Waals surface area contributed by atoms with Gasteiger partial charge in [-0.1, -0.05) is 36.4 Å². The molecule has 0 amide bonds. The summed E-state index contributed by atoms with van der Waals surface area (Å²) in [6, 6.07) is 8.93. The van der Waals surface area contributed by atoms with Crippen LogP contribution in [0.25, 0.3) is 0 Å². The molecule has 19 heavy (non-hydrogen) atoms. The summed E-state index contributed by atoms with van der Waals surface area (Å²) in [7, 11) is 0. The predicted octanol–water partition coefficient (Wildman–Crippen LogP) is 2.23. The Morgan fingerprint density at radius 1 is 1.37 bits per heavy atom. The second-order valence-corrected chi connectivity index (χ2v) is 4.23. The molecule has 1 atom stereocenters. The molecule has 0 aliphatic heterocycles. The molecule has 1 N–H and O–H groups in total. The van der Waals surface area contributed by atoms with Crippen LogP contribution in [0.15, 0.2) is 42.5 Å². The number of hydrogen-bond acceptors (Lipinski definition) is 4. The Bertz CT molecular complexity index is 442. The third-order valence-electron chi connectivity index (χ3n) is 2.60. The molecule has 5 heteroatoms. The molecule has 0 aromatic heterocycles. The van der Waals surface area contributed by atoms with Crippen LogP contribution in [0.2, 0.25) is 0 Å². The molecule has 0 radical (unpaired) electrons. The number of carbonyl (C=O) groups is 1. The number of rotatable bonds is 8. The molecule has 1 aromatic rings. The van der Waals surface area contributed by atoms with Crippen LogP contribution in [0.5, 0.6) is 0 Å². The zero-order valence-corrected chi connectivity index (χ0v) is 10.6. The van der Waals surface area contributed by atoms with E-state index in [4.69, 9.17) is 0 Å². The molecule has 0 unspecified atom stereocenters. The number of hydrogen-bond donors (Lipinski definition) is 1. The highest BCUT2D eigenvalue weighted by Crippen LogP contribution is 2.04. The number of aliphatic hydroxyl groups is 1. The van der Waals surface area contributed by atoms with Gasteiger partial charge in [0.1, 0.15) is 6.10 Å². The second kappa shape index (κ2) is 8.16. The number of aliphatic hydroxyl groups excluding tert-OH is 1. The number of ketones is 1. The van der Waals surface area contributed by atoms with E-state index in [9.17, 15) is 20.0 Å². The van der Waals surface area contributed by atoms with Crippen LogP contribution in [0, 0.1) is 10.1 Å². The maximum atomic E-state index is 11.7. The van der Waals surface area contributed by atoms with E-state index in [1.54, 1.807) is 30.3 Å². The van der Waals surface area contributed by atoms with Crippen LogP contribution in [0.3, 0.4) is 0 Å². The summed E-state index contributed by atoms with van der Waals surface area (Å²) >= 11 is 0. The number of carbonyl (C=O) groups excluding carboxylic acids is 1. The van der Waals surface area contributed by atoms with Gasteiger partial charge in [0.15, 0.2) is 5.78 Å². The molecule has 0 aliphatic rings. The van der Waals surface area contributed by atoms with Gasteiger partial charge in [0.25, 0.3) is 0 Å². The number of nitro groups is 1. The fraction of sp³-hybridized carbons (Fsp3) is 0.357. The van der Waals surface area contributed by atoms with Gasteiger partial charge in [-0.3, -0.25) is 14.9 Å². The highest BCUT2D eigenvalue weighted by atomic mass is 16.6. The average molecular weight is 263 g/mol. The Kier molecular flexibility index (Phi) is 6.46. The topological polar surface area (TPSA) is 80.4 Å². The molecule has 5 nitrogen and oxygen atoms in total. The van der Waals surface area contributed by atoms with Crippen LogP contribution in [-0.4, -0.2) is 28.5 Å². The molecule has 1 aromatic carbocycles. The molecule has 0 heterocycles. The summed E-state index contributed by atoms with van der Waals surface area (Å²) in [6.45, 7) is -0.424. The van der Waals surface area contributed by atoms with Crippen molar-refractivity contribution in [2.24, 2.45) is 0 Å². The Morgan fingerprint density at radius 3 is 2.68 bits per heavy atom. The lowest BCUT2D eigenvalue weighted by molar-refractivity contribution is -0.490. The summed E-state index contributed by atoms with van der Waals surface area (Å²) in [4.78, 5) is 21.3. The normalized spacial score (nSPS) is 12.5. The first-order valence-corrected chi connectivity index (χ1v) is 6.15. The molecule has 0 aliphatic carbocycles. The monoisotopic (exact) mass is 263 g/mol. The van der Waals surface area contributed by atoms with Crippen molar-refractivity contribution in [2.75, 3.05) is 6.54 Å². The van der Waals surface area contributed by atoms with Crippen molar-refractivity contribution >= 4 is 5.78 Å². The number of unbranched alkanes of at least 4 members (excludes halogenated alkanes) is 1. The Labute approximate surface area is 111 Å². The van der Waals surface area contributed by atoms with Crippen LogP contribution >= 0.6 is 0 Å². The van der Waals surface area contributed by atoms with E-state index in [1.165, 1.54) is 6.08 Å². The van der Waals surface area contributed by atoms with Gasteiger partial charge in [-0.05, 0) is 25.3 Å². The van der Waals surface area contributed by atoms with E-state index < -0.39 is 17.6 Å². The lowest BCUT2D eigenvalue weighted by Crippen LogP contribution is -2.18. The fourth-order valence-electron chi connectivity index (χ4n) is 1.62. The lowest BCUT2D eigenvalue weighted by Gasteiger charge is -2.03. The summed E-state index contributed by atoms with van der Waals surface area (Å²) in [5.41, 5.74) is 0.632. The van der Waals surface area contributed by atoms with Gasteiger partial charge < -0.3 is 5.11 Å². The second-order valence-electron chi connectivity index (χ2n) is 4.23. The van der Waals surface area contributed by atoms with E-state index in [1.807, 2.05) is 6.07 Å². The van der Waals surface area contributed by atoms with Crippen molar-refractivity contribution in [3.63, 3.8) is 0 Å². The maximum Gasteiger partial charge on any atom is 0.229 e. The van der Waals surface area contributed by atoms with Crippen molar-refractivity contribution < 1.29 is 14.8 Å². The third kappa shape index (κ3) is 6.47. The third-order valence-corrected chi connectivity index (χ3v) is 2.60. The molecule has 0 spiro atoms. The Morgan fingerprint density at radius 2 is 2.05 bits per heavy atom. The van der Waals surface area contributed by atoms with Gasteiger partial charge in [0.05, 0.1) is 0 Å². The maximum absolute atomic E-state index is 11.7. The Hall–Kier alpha value is -2.01. The van der Waals surface area contributed by atoms with Crippen LogP contribution < -0.4 is 0 Å². The van der Waals surface area contributed by atoms with Crippen molar-refractivity contribution in [3.8, 4) is 0 Å². The smallest absolute Gasteiger partial charge is 0.229 e. The molecule has 0 saturated carbocycles. The highest BCUT2D eigenvalue weighted by molar-refractivity contribution is 6.04. The lowest BCUT2D eigenvalue weighted by atomic mass is 10.1. The summed E-state index contributed by atoms with van der Waals surface area (Å²) < 4.78 is 0. The van der Waals surface area contributed by atoms with Crippen LogP contribution in [-0.2, 0) is 0 Å². The van der Waals surface area contributed by atoms with Crippen molar-refractivity contribution in [1.82, 2.24) is 0 Å². The highest BCUT2D eigenvalue weighted by Gasteiger charge is 2.09. The number of benzene rings is 1. The zero-order chi connectivity index (χ0) is 14.1. The minimum atomic E-state index is -0.909. The Balaban J connectivity index is 2.24. The average Bonchev–Trinajstić information content (AvgIpc) is 2.38. The first-order valence-electron chi connectivity index (χ1n) is 6.15. The number of allylic oxidation sites excluding steroid dienone is 2. The molecular weight excluding hydrogens is 246 g/mol. The molecule has 1 rings (SSSR count). The first kappa shape index (κ1) is 15.0. The summed E-state index contributed by atoms with van der Waals surface area (Å²) in [5.74, 6) is -0.0635. The molecule has 0 saturated heterocycles. The summed E-state index contributed by atoms with van der Waals surface area (Å²) in [6.07, 6.45) is 3.92. The van der Waals surface area contributed by atoms with Gasteiger partial charge in [0.2, 0.25) is 6.54 Å². The molecule has 0 bridgehead atoms. The van der Waals surface area contributed by atoms with Crippen molar-refractivity contribution in [2.45, 2.75) is 25.4 Å². The zero-order valence-electron chi connectivity index (χ0n) is 10.6. The van der Waals surface area contributed by atoms with Crippen molar-refractivity contribution in [1.29, 1.82) is 0 Å². The first-order chi connectivity index (χ1) is 9.09. The van der Waals surface area contributed by atoms with Crippen LogP contribution in [0.1, 0.15) is 29.6 Å². The molecular formula is C14H17NO4. The van der Waals surface area contributed by atoms with Gasteiger partial charge in [-0.25, -0.2) is 0 Å². The fourth-order valence-corrected chi connectivity index (χ4v) is 1.62. The van der Waals surface area contributed by atoms with E-state index in [2.05, 4.69) is 0 Å². The minimum Gasteiger partial charge on any atom is -0.386 e. The molecule has 102 valence electrons. The van der Waals surface area contributed by atoms with Gasteiger partial charge in [-0.15, -0.1) is 0 Å². The van der Waals surface area contributed by atoms with Gasteiger partial charge >= 0.3 is 0 Å². The quantitative estimate of drug-likeness (QED) is 0.256.